The number of piperazine rings is 2. The Balaban J connectivity index is 1.01. The predicted octanol–water partition coefficient (Wildman–Crippen LogP) is 3.50. The number of nitrogens with one attached hydrogen (secondary N) is 1. The maximum Gasteiger partial charge on any atom is 0.253 e. The molecule has 196 valence electrons. The van der Waals surface area contributed by atoms with E-state index in [4.69, 9.17) is 11.6 Å². The molecule has 2 aromatic carbocycles. The SMILES string of the molecule is O=C(CN1CCN(C(=O)c2cccc(Cl)c2)CC1)N1CCN(CCCc2c[nH]c3ccc(F)cc23)CC1. The van der Waals surface area contributed by atoms with Crippen LogP contribution in [0, 0.1) is 5.82 Å². The Hall–Kier alpha value is -2.94. The van der Waals surface area contributed by atoms with Crippen molar-refractivity contribution in [2.24, 2.45) is 0 Å². The number of aryl methyl sites for hydroxylation is 1. The van der Waals surface area contributed by atoms with Gasteiger partial charge in [0.1, 0.15) is 5.82 Å². The largest absolute Gasteiger partial charge is 0.361 e. The second-order valence-electron chi connectivity index (χ2n) is 9.91. The highest BCUT2D eigenvalue weighted by Crippen LogP contribution is 2.21. The van der Waals surface area contributed by atoms with Crippen molar-refractivity contribution in [3.63, 3.8) is 0 Å². The Kier molecular flexibility index (Phi) is 8.08. The second-order valence-corrected chi connectivity index (χ2v) is 10.3. The van der Waals surface area contributed by atoms with E-state index in [1.54, 1.807) is 36.4 Å². The average molecular weight is 526 g/mol. The standard InChI is InChI=1S/C28H33ClFN5O2/c29-23-5-1-3-21(17-23)28(37)35-15-11-33(12-16-35)20-27(36)34-13-9-32(10-14-34)8-2-4-22-19-31-26-7-6-24(30)18-25(22)26/h1,3,5-7,17-19,31H,2,4,8-16,20H2. The topological polar surface area (TPSA) is 62.9 Å². The molecule has 0 spiro atoms. The zero-order valence-electron chi connectivity index (χ0n) is 21.0. The van der Waals surface area contributed by atoms with Crippen LogP contribution in [0.2, 0.25) is 5.02 Å². The van der Waals surface area contributed by atoms with Crippen molar-refractivity contribution < 1.29 is 14.0 Å². The number of nitrogens with zero attached hydrogens (tertiary/aromatic N) is 4. The molecule has 2 saturated heterocycles. The fraction of sp³-hybridized carbons (Fsp3) is 0.429. The number of aromatic amines is 1. The highest BCUT2D eigenvalue weighted by Gasteiger charge is 2.26. The van der Waals surface area contributed by atoms with Crippen molar-refractivity contribution in [3.05, 3.63) is 70.6 Å². The van der Waals surface area contributed by atoms with Gasteiger partial charge in [-0.3, -0.25) is 19.4 Å². The van der Waals surface area contributed by atoms with Crippen molar-refractivity contribution in [2.75, 3.05) is 65.4 Å². The van der Waals surface area contributed by atoms with Crippen molar-refractivity contribution in [3.8, 4) is 0 Å². The van der Waals surface area contributed by atoms with E-state index in [1.165, 1.54) is 6.07 Å². The summed E-state index contributed by atoms with van der Waals surface area (Å²) < 4.78 is 13.6. The number of fused-ring (bicyclic) bond motifs is 1. The Morgan fingerprint density at radius 2 is 1.62 bits per heavy atom. The Morgan fingerprint density at radius 3 is 2.38 bits per heavy atom. The van der Waals surface area contributed by atoms with Crippen LogP contribution >= 0.6 is 11.6 Å². The first kappa shape index (κ1) is 25.7. The quantitative estimate of drug-likeness (QED) is 0.513. The van der Waals surface area contributed by atoms with Crippen molar-refractivity contribution in [1.29, 1.82) is 0 Å². The lowest BCUT2D eigenvalue weighted by Crippen LogP contribution is -2.54. The average Bonchev–Trinajstić information content (AvgIpc) is 3.31. The molecular formula is C28H33ClFN5O2. The molecule has 0 atom stereocenters. The van der Waals surface area contributed by atoms with Crippen LogP contribution in [0.25, 0.3) is 10.9 Å². The molecule has 1 N–H and O–H groups in total. The summed E-state index contributed by atoms with van der Waals surface area (Å²) in [6.45, 7) is 7.18. The van der Waals surface area contributed by atoms with Gasteiger partial charge >= 0.3 is 0 Å². The number of rotatable bonds is 7. The molecule has 7 nitrogen and oxygen atoms in total. The molecule has 0 bridgehead atoms. The third-order valence-corrected chi connectivity index (χ3v) is 7.70. The number of carbonyl (C=O) groups is 2. The van der Waals surface area contributed by atoms with E-state index >= 15 is 0 Å². The molecule has 3 heterocycles. The molecule has 2 amide bonds. The minimum atomic E-state index is -0.206. The summed E-state index contributed by atoms with van der Waals surface area (Å²) in [4.78, 5) is 37.2. The minimum Gasteiger partial charge on any atom is -0.361 e. The number of amides is 2. The Bertz CT molecular complexity index is 1250. The lowest BCUT2D eigenvalue weighted by Gasteiger charge is -2.38. The van der Waals surface area contributed by atoms with Crippen molar-refractivity contribution >= 4 is 34.3 Å². The summed E-state index contributed by atoms with van der Waals surface area (Å²) >= 11 is 6.02. The van der Waals surface area contributed by atoms with Gasteiger partial charge in [0.15, 0.2) is 0 Å². The van der Waals surface area contributed by atoms with Crippen molar-refractivity contribution in [2.45, 2.75) is 12.8 Å². The molecule has 37 heavy (non-hydrogen) atoms. The molecule has 2 aliphatic heterocycles. The first-order chi connectivity index (χ1) is 18.0. The minimum absolute atomic E-state index is 0.0125. The monoisotopic (exact) mass is 525 g/mol. The van der Waals surface area contributed by atoms with Crippen LogP contribution in [0.4, 0.5) is 4.39 Å². The molecule has 0 aliphatic carbocycles. The number of H-pyrrole nitrogens is 1. The first-order valence-corrected chi connectivity index (χ1v) is 13.4. The van der Waals surface area contributed by atoms with E-state index in [0.29, 0.717) is 43.3 Å². The summed E-state index contributed by atoms with van der Waals surface area (Å²) in [6.07, 6.45) is 3.87. The molecule has 0 saturated carbocycles. The van der Waals surface area contributed by atoms with E-state index in [9.17, 15) is 14.0 Å². The van der Waals surface area contributed by atoms with Crippen molar-refractivity contribution in [1.82, 2.24) is 24.6 Å². The van der Waals surface area contributed by atoms with Crippen LogP contribution in [0.1, 0.15) is 22.3 Å². The maximum atomic E-state index is 13.6. The number of carbonyl (C=O) groups excluding carboxylic acids is 2. The predicted molar refractivity (Wildman–Crippen MR) is 143 cm³/mol. The molecule has 0 unspecified atom stereocenters. The number of halogens is 2. The van der Waals surface area contributed by atoms with Crippen LogP contribution < -0.4 is 0 Å². The zero-order valence-corrected chi connectivity index (χ0v) is 21.7. The van der Waals surface area contributed by atoms with Gasteiger partial charge in [0.05, 0.1) is 6.54 Å². The summed E-state index contributed by atoms with van der Waals surface area (Å²) in [5.74, 6) is -0.0569. The third kappa shape index (κ3) is 6.32. The number of benzene rings is 2. The lowest BCUT2D eigenvalue weighted by atomic mass is 10.1. The fourth-order valence-corrected chi connectivity index (χ4v) is 5.47. The van der Waals surface area contributed by atoms with E-state index in [2.05, 4.69) is 14.8 Å². The van der Waals surface area contributed by atoms with Gasteiger partial charge in [-0.15, -0.1) is 0 Å². The van der Waals surface area contributed by atoms with E-state index in [0.717, 1.165) is 62.0 Å². The number of hydrogen-bond donors (Lipinski definition) is 1. The van der Waals surface area contributed by atoms with Crippen LogP contribution in [0.5, 0.6) is 0 Å². The van der Waals surface area contributed by atoms with E-state index in [1.807, 2.05) is 16.0 Å². The first-order valence-electron chi connectivity index (χ1n) is 13.0. The van der Waals surface area contributed by atoms with E-state index in [-0.39, 0.29) is 17.6 Å². The maximum absolute atomic E-state index is 13.6. The normalized spacial score (nSPS) is 17.5. The van der Waals surface area contributed by atoms with Crippen LogP contribution in [-0.2, 0) is 11.2 Å². The molecule has 0 radical (unpaired) electrons. The summed E-state index contributed by atoms with van der Waals surface area (Å²) in [5, 5.41) is 1.52. The van der Waals surface area contributed by atoms with Gasteiger partial charge < -0.3 is 14.8 Å². The van der Waals surface area contributed by atoms with Gasteiger partial charge in [-0.25, -0.2) is 4.39 Å². The molecular weight excluding hydrogens is 493 g/mol. The summed E-state index contributed by atoms with van der Waals surface area (Å²) in [5.41, 5.74) is 2.72. The molecule has 2 aliphatic rings. The fourth-order valence-electron chi connectivity index (χ4n) is 5.28. The molecule has 9 heteroatoms. The van der Waals surface area contributed by atoms with Gasteiger partial charge in [-0.2, -0.15) is 0 Å². The highest BCUT2D eigenvalue weighted by atomic mass is 35.5. The number of hydrogen-bond acceptors (Lipinski definition) is 4. The molecule has 5 rings (SSSR count). The Labute approximate surface area is 221 Å². The highest BCUT2D eigenvalue weighted by molar-refractivity contribution is 6.30. The van der Waals surface area contributed by atoms with Crippen LogP contribution in [-0.4, -0.2) is 102 Å². The lowest BCUT2D eigenvalue weighted by molar-refractivity contribution is -0.134. The smallest absolute Gasteiger partial charge is 0.253 e. The van der Waals surface area contributed by atoms with Gasteiger partial charge in [0, 0.05) is 80.0 Å². The van der Waals surface area contributed by atoms with Crippen LogP contribution in [0.3, 0.4) is 0 Å². The Morgan fingerprint density at radius 1 is 0.892 bits per heavy atom. The second kappa shape index (κ2) is 11.6. The van der Waals surface area contributed by atoms with Crippen LogP contribution in [0.15, 0.2) is 48.7 Å². The summed E-state index contributed by atoms with van der Waals surface area (Å²) in [6, 6.07) is 11.9. The zero-order chi connectivity index (χ0) is 25.8. The van der Waals surface area contributed by atoms with Gasteiger partial charge in [-0.05, 0) is 61.3 Å². The number of aromatic nitrogens is 1. The van der Waals surface area contributed by atoms with E-state index < -0.39 is 0 Å². The van der Waals surface area contributed by atoms with Gasteiger partial charge in [0.2, 0.25) is 5.91 Å². The van der Waals surface area contributed by atoms with Gasteiger partial charge in [-0.1, -0.05) is 17.7 Å². The van der Waals surface area contributed by atoms with Gasteiger partial charge in [0.25, 0.3) is 5.91 Å². The molecule has 2 fully saturated rings. The summed E-state index contributed by atoms with van der Waals surface area (Å²) in [7, 11) is 0. The third-order valence-electron chi connectivity index (χ3n) is 7.46. The molecule has 1 aromatic heterocycles. The molecule has 3 aromatic rings.